The number of halogens is 3. The molecule has 8 heteroatoms. The summed E-state index contributed by atoms with van der Waals surface area (Å²) in [6, 6.07) is -0.421. The average Bonchev–Trinajstić information content (AvgIpc) is 2.42. The third-order valence-electron chi connectivity index (χ3n) is 3.37. The maximum absolute atomic E-state index is 12.4. The number of rotatable bonds is 5. The Hall–Kier alpha value is -1.73. The summed E-state index contributed by atoms with van der Waals surface area (Å²) < 4.78 is 37.3. The van der Waals surface area contributed by atoms with E-state index in [4.69, 9.17) is 5.11 Å². The van der Waals surface area contributed by atoms with E-state index in [1.54, 1.807) is 6.92 Å². The highest BCUT2D eigenvalue weighted by Gasteiger charge is 2.35. The zero-order valence-electron chi connectivity index (χ0n) is 11.7. The fourth-order valence-electron chi connectivity index (χ4n) is 1.95. The van der Waals surface area contributed by atoms with E-state index in [0.717, 1.165) is 6.08 Å². The molecule has 1 rings (SSSR count). The highest BCUT2D eigenvalue weighted by Crippen LogP contribution is 2.30. The molecule has 2 amide bonds. The van der Waals surface area contributed by atoms with Crippen LogP contribution in [0.1, 0.15) is 26.2 Å². The number of carboxylic acid groups (broad SMARTS) is 1. The topological polar surface area (TPSA) is 69.6 Å². The van der Waals surface area contributed by atoms with Crippen LogP contribution in [0.4, 0.5) is 18.0 Å². The lowest BCUT2D eigenvalue weighted by atomic mass is 10.1. The van der Waals surface area contributed by atoms with E-state index in [0.29, 0.717) is 19.4 Å². The number of urea groups is 1. The Balaban J connectivity index is 2.29. The van der Waals surface area contributed by atoms with Crippen LogP contribution in [0.5, 0.6) is 0 Å². The summed E-state index contributed by atoms with van der Waals surface area (Å²) in [5.41, 5.74) is -0.596. The number of amides is 2. The van der Waals surface area contributed by atoms with Crippen molar-refractivity contribution >= 4 is 12.0 Å². The molecule has 0 radical (unpaired) electrons. The van der Waals surface area contributed by atoms with Crippen molar-refractivity contribution in [1.29, 1.82) is 0 Å². The van der Waals surface area contributed by atoms with Gasteiger partial charge in [0.15, 0.2) is 0 Å². The predicted molar refractivity (Wildman–Crippen MR) is 69.8 cm³/mol. The Morgan fingerprint density at radius 2 is 2.14 bits per heavy atom. The maximum Gasteiger partial charge on any atom is 0.412 e. The monoisotopic (exact) mass is 308 g/mol. The van der Waals surface area contributed by atoms with Crippen molar-refractivity contribution in [3.63, 3.8) is 0 Å². The number of carboxylic acids is 1. The van der Waals surface area contributed by atoms with Gasteiger partial charge in [0.1, 0.15) is 0 Å². The Bertz CT molecular complexity index is 421. The molecule has 5 nitrogen and oxygen atoms in total. The van der Waals surface area contributed by atoms with Crippen LogP contribution >= 0.6 is 0 Å². The third-order valence-corrected chi connectivity index (χ3v) is 3.37. The van der Waals surface area contributed by atoms with Gasteiger partial charge in [-0.25, -0.2) is 4.79 Å². The molecule has 1 unspecified atom stereocenters. The summed E-state index contributed by atoms with van der Waals surface area (Å²) in [5, 5.41) is 11.3. The van der Waals surface area contributed by atoms with Gasteiger partial charge in [-0.2, -0.15) is 13.2 Å². The molecule has 1 aliphatic heterocycles. The molecular weight excluding hydrogens is 289 g/mol. The van der Waals surface area contributed by atoms with Crippen LogP contribution in [-0.4, -0.2) is 47.8 Å². The quantitative estimate of drug-likeness (QED) is 0.605. The number of alkyl halides is 3. The molecule has 0 fully saturated rings. The first-order chi connectivity index (χ1) is 9.71. The minimum atomic E-state index is -4.32. The van der Waals surface area contributed by atoms with E-state index in [2.05, 4.69) is 5.32 Å². The van der Waals surface area contributed by atoms with Crippen LogP contribution in [0.2, 0.25) is 0 Å². The van der Waals surface area contributed by atoms with Crippen LogP contribution in [0.25, 0.3) is 0 Å². The lowest BCUT2D eigenvalue weighted by molar-refractivity contribution is -0.141. The smallest absolute Gasteiger partial charge is 0.412 e. The molecule has 1 heterocycles. The second-order valence-corrected chi connectivity index (χ2v) is 5.04. The fraction of sp³-hybridized carbons (Fsp3) is 0.692. The van der Waals surface area contributed by atoms with Gasteiger partial charge < -0.3 is 15.3 Å². The summed E-state index contributed by atoms with van der Waals surface area (Å²) in [5.74, 6) is -1.36. The van der Waals surface area contributed by atoms with Crippen LogP contribution in [0, 0.1) is 5.92 Å². The molecule has 1 atom stereocenters. The molecule has 0 aromatic carbocycles. The van der Waals surface area contributed by atoms with Crippen LogP contribution in [0.15, 0.2) is 11.6 Å². The highest BCUT2D eigenvalue weighted by atomic mass is 19.4. The van der Waals surface area contributed by atoms with Crippen molar-refractivity contribution in [3.05, 3.63) is 11.6 Å². The zero-order chi connectivity index (χ0) is 16.0. The normalized spacial score (nSPS) is 17.1. The first-order valence-corrected chi connectivity index (χ1v) is 6.73. The fourth-order valence-corrected chi connectivity index (χ4v) is 1.95. The largest absolute Gasteiger partial charge is 0.481 e. The number of hydrogen-bond donors (Lipinski definition) is 2. The van der Waals surface area contributed by atoms with Gasteiger partial charge in [0, 0.05) is 25.2 Å². The van der Waals surface area contributed by atoms with Crippen molar-refractivity contribution in [2.24, 2.45) is 5.92 Å². The molecule has 0 aliphatic carbocycles. The van der Waals surface area contributed by atoms with E-state index in [9.17, 15) is 22.8 Å². The van der Waals surface area contributed by atoms with Crippen molar-refractivity contribution in [2.45, 2.75) is 32.4 Å². The molecule has 0 spiro atoms. The molecule has 0 aromatic heterocycles. The first-order valence-electron chi connectivity index (χ1n) is 6.73. The number of carbonyl (C=O) groups excluding carboxylic acids is 1. The van der Waals surface area contributed by atoms with Gasteiger partial charge in [-0.1, -0.05) is 13.0 Å². The minimum absolute atomic E-state index is 0.0305. The Kier molecular flexibility index (Phi) is 6.04. The average molecular weight is 308 g/mol. The molecule has 0 saturated heterocycles. The predicted octanol–water partition coefficient (Wildman–Crippen LogP) is 2.39. The molecule has 0 bridgehead atoms. The standard InChI is InChI=1S/C13H19F3N2O3/c1-9(11(19)20)3-2-6-17-12(21)18-7-4-10(5-8-18)13(14,15)16/h4,9H,2-3,5-8H2,1H3,(H,17,21)(H,19,20). The van der Waals surface area contributed by atoms with E-state index in [1.165, 1.54) is 4.90 Å². The summed E-state index contributed by atoms with van der Waals surface area (Å²) in [7, 11) is 0. The van der Waals surface area contributed by atoms with Crippen LogP contribution < -0.4 is 5.32 Å². The third kappa shape index (κ3) is 5.65. The molecule has 2 N–H and O–H groups in total. The molecule has 1 aliphatic rings. The Labute approximate surface area is 120 Å². The van der Waals surface area contributed by atoms with Crippen molar-refractivity contribution in [1.82, 2.24) is 10.2 Å². The summed E-state index contributed by atoms with van der Waals surface area (Å²) in [4.78, 5) is 23.6. The number of nitrogens with one attached hydrogen (secondary N) is 1. The molecular formula is C13H19F3N2O3. The minimum Gasteiger partial charge on any atom is -0.481 e. The highest BCUT2D eigenvalue weighted by molar-refractivity contribution is 5.74. The van der Waals surface area contributed by atoms with Gasteiger partial charge in [0.25, 0.3) is 0 Å². The molecule has 21 heavy (non-hydrogen) atoms. The van der Waals surface area contributed by atoms with E-state index in [1.807, 2.05) is 0 Å². The zero-order valence-corrected chi connectivity index (χ0v) is 11.7. The lowest BCUT2D eigenvalue weighted by Crippen LogP contribution is -2.43. The first kappa shape index (κ1) is 17.3. The Morgan fingerprint density at radius 3 is 2.62 bits per heavy atom. The van der Waals surface area contributed by atoms with E-state index >= 15 is 0 Å². The number of hydrogen-bond acceptors (Lipinski definition) is 2. The van der Waals surface area contributed by atoms with Gasteiger partial charge >= 0.3 is 18.2 Å². The maximum atomic E-state index is 12.4. The molecule has 0 saturated carbocycles. The van der Waals surface area contributed by atoms with Crippen molar-refractivity contribution in [3.8, 4) is 0 Å². The second-order valence-electron chi connectivity index (χ2n) is 5.04. The van der Waals surface area contributed by atoms with Gasteiger partial charge in [0.05, 0.1) is 5.92 Å². The number of carbonyl (C=O) groups is 2. The van der Waals surface area contributed by atoms with Gasteiger partial charge in [-0.05, 0) is 19.3 Å². The SMILES string of the molecule is CC(CCCNC(=O)N1CC=C(C(F)(F)F)CC1)C(=O)O. The summed E-state index contributed by atoms with van der Waals surface area (Å²) in [6.45, 7) is 1.86. The second kappa shape index (κ2) is 7.33. The number of nitrogens with zero attached hydrogens (tertiary/aromatic N) is 1. The van der Waals surface area contributed by atoms with Gasteiger partial charge in [0.2, 0.25) is 0 Å². The van der Waals surface area contributed by atoms with Crippen LogP contribution in [0.3, 0.4) is 0 Å². The summed E-state index contributed by atoms with van der Waals surface area (Å²) >= 11 is 0. The number of aliphatic carboxylic acids is 1. The van der Waals surface area contributed by atoms with Crippen molar-refractivity contribution in [2.75, 3.05) is 19.6 Å². The van der Waals surface area contributed by atoms with Crippen molar-refractivity contribution < 1.29 is 27.9 Å². The van der Waals surface area contributed by atoms with Gasteiger partial charge in [-0.15, -0.1) is 0 Å². The molecule has 120 valence electrons. The van der Waals surface area contributed by atoms with E-state index < -0.39 is 29.7 Å². The van der Waals surface area contributed by atoms with Crippen LogP contribution in [-0.2, 0) is 4.79 Å². The lowest BCUT2D eigenvalue weighted by Gasteiger charge is -2.27. The van der Waals surface area contributed by atoms with E-state index in [-0.39, 0.29) is 19.5 Å². The molecule has 0 aromatic rings. The Morgan fingerprint density at radius 1 is 1.48 bits per heavy atom. The van der Waals surface area contributed by atoms with Gasteiger partial charge in [-0.3, -0.25) is 4.79 Å². The summed E-state index contributed by atoms with van der Waals surface area (Å²) in [6.07, 6.45) is -2.55.